The van der Waals surface area contributed by atoms with E-state index in [1.54, 1.807) is 19.2 Å². The molecule has 1 aliphatic heterocycles. The van der Waals surface area contributed by atoms with Gasteiger partial charge < -0.3 is 15.0 Å². The normalized spacial score (nSPS) is 16.6. The molecule has 1 atom stereocenters. The molecule has 6 nitrogen and oxygen atoms in total. The van der Waals surface area contributed by atoms with E-state index < -0.39 is 0 Å². The van der Waals surface area contributed by atoms with Crippen LogP contribution in [0.1, 0.15) is 33.6 Å². The Morgan fingerprint density at radius 2 is 2.10 bits per heavy atom. The zero-order valence-corrected chi connectivity index (χ0v) is 17.4. The Bertz CT molecular complexity index is 902. The number of nitrogens with one attached hydrogen (secondary N) is 1. The van der Waals surface area contributed by atoms with Crippen LogP contribution in [0.5, 0.6) is 0 Å². The van der Waals surface area contributed by atoms with Crippen molar-refractivity contribution in [3.8, 4) is 17.3 Å². The molecule has 0 saturated carbocycles. The maximum absolute atomic E-state index is 12.5. The predicted octanol–water partition coefficient (Wildman–Crippen LogP) is 2.94. The van der Waals surface area contributed by atoms with Gasteiger partial charge in [-0.2, -0.15) is 5.26 Å². The minimum atomic E-state index is -0.0687. The number of aryl methyl sites for hydroxylation is 2. The lowest BCUT2D eigenvalue weighted by atomic mass is 10.0. The van der Waals surface area contributed by atoms with Gasteiger partial charge in [-0.05, 0) is 56.5 Å². The van der Waals surface area contributed by atoms with E-state index >= 15 is 0 Å². The second-order valence-corrected chi connectivity index (χ2v) is 7.65. The summed E-state index contributed by atoms with van der Waals surface area (Å²) in [7, 11) is 1.72. The molecule has 1 aromatic carbocycles. The number of nitriles is 1. The molecule has 1 amide bonds. The molecule has 6 heteroatoms. The van der Waals surface area contributed by atoms with Crippen molar-refractivity contribution in [2.75, 3.05) is 39.9 Å². The van der Waals surface area contributed by atoms with Gasteiger partial charge in [0.2, 0.25) is 0 Å². The van der Waals surface area contributed by atoms with Crippen LogP contribution in [0.3, 0.4) is 0 Å². The fraction of sp³-hybridized carbons (Fsp3) is 0.435. The lowest BCUT2D eigenvalue weighted by molar-refractivity contribution is 0.0946. The van der Waals surface area contributed by atoms with E-state index in [0.29, 0.717) is 29.3 Å². The molecule has 1 aromatic heterocycles. The summed E-state index contributed by atoms with van der Waals surface area (Å²) < 4.78 is 5.13. The van der Waals surface area contributed by atoms with Crippen LogP contribution < -0.4 is 5.32 Å². The van der Waals surface area contributed by atoms with Crippen LogP contribution in [0.15, 0.2) is 30.3 Å². The van der Waals surface area contributed by atoms with E-state index in [-0.39, 0.29) is 5.91 Å². The smallest absolute Gasteiger partial charge is 0.251 e. The third-order valence-electron chi connectivity index (χ3n) is 5.41. The van der Waals surface area contributed by atoms with Crippen molar-refractivity contribution in [2.45, 2.75) is 20.3 Å². The molecule has 152 valence electrons. The molecule has 2 aromatic rings. The van der Waals surface area contributed by atoms with E-state index in [9.17, 15) is 10.1 Å². The highest BCUT2D eigenvalue weighted by Crippen LogP contribution is 2.25. The zero-order chi connectivity index (χ0) is 20.8. The fourth-order valence-corrected chi connectivity index (χ4v) is 3.81. The van der Waals surface area contributed by atoms with Crippen LogP contribution in [0.4, 0.5) is 0 Å². The van der Waals surface area contributed by atoms with E-state index in [4.69, 9.17) is 4.74 Å². The van der Waals surface area contributed by atoms with Gasteiger partial charge in [-0.3, -0.25) is 9.78 Å². The lowest BCUT2D eigenvalue weighted by Gasteiger charge is -2.15. The van der Waals surface area contributed by atoms with Crippen molar-refractivity contribution in [1.29, 1.82) is 5.26 Å². The second kappa shape index (κ2) is 9.64. The molecule has 1 fully saturated rings. The van der Waals surface area contributed by atoms with Gasteiger partial charge in [0.1, 0.15) is 6.07 Å². The van der Waals surface area contributed by atoms with Gasteiger partial charge >= 0.3 is 0 Å². The number of carbonyl (C=O) groups is 1. The molecular formula is C23H28N4O2. The minimum Gasteiger partial charge on any atom is -0.383 e. The van der Waals surface area contributed by atoms with Crippen molar-refractivity contribution in [2.24, 2.45) is 5.92 Å². The second-order valence-electron chi connectivity index (χ2n) is 7.65. The third kappa shape index (κ3) is 5.20. The number of likely N-dealkylation sites (tertiary alicyclic amines) is 1. The summed E-state index contributed by atoms with van der Waals surface area (Å²) in [6.07, 6.45) is 1.10. The SMILES string of the molecule is COCCN1CC[C@@H](CNC(=O)c2ccc(-c3nc(C)cc(C)c3C#N)cc2)C1. The predicted molar refractivity (Wildman–Crippen MR) is 113 cm³/mol. The highest BCUT2D eigenvalue weighted by Gasteiger charge is 2.22. The van der Waals surface area contributed by atoms with Gasteiger partial charge in [0.15, 0.2) is 0 Å². The van der Waals surface area contributed by atoms with Crippen molar-refractivity contribution in [3.63, 3.8) is 0 Å². The molecule has 0 radical (unpaired) electrons. The van der Waals surface area contributed by atoms with E-state index in [0.717, 1.165) is 49.5 Å². The van der Waals surface area contributed by atoms with Crippen molar-refractivity contribution in [1.82, 2.24) is 15.2 Å². The Hall–Kier alpha value is -2.75. The first-order valence-corrected chi connectivity index (χ1v) is 10.00. The molecule has 1 N–H and O–H groups in total. The lowest BCUT2D eigenvalue weighted by Crippen LogP contribution is -2.31. The number of rotatable bonds is 7. The van der Waals surface area contributed by atoms with Gasteiger partial charge in [-0.25, -0.2) is 0 Å². The number of hydrogen-bond donors (Lipinski definition) is 1. The average molecular weight is 393 g/mol. The number of methoxy groups -OCH3 is 1. The Balaban J connectivity index is 1.61. The Morgan fingerprint density at radius 3 is 2.79 bits per heavy atom. The number of amides is 1. The Kier molecular flexibility index (Phi) is 6.97. The van der Waals surface area contributed by atoms with Gasteiger partial charge in [-0.15, -0.1) is 0 Å². The highest BCUT2D eigenvalue weighted by atomic mass is 16.5. The fourth-order valence-electron chi connectivity index (χ4n) is 3.81. The molecule has 1 saturated heterocycles. The van der Waals surface area contributed by atoms with Gasteiger partial charge in [0.25, 0.3) is 5.91 Å². The van der Waals surface area contributed by atoms with Crippen LogP contribution in [-0.4, -0.2) is 55.7 Å². The first-order valence-electron chi connectivity index (χ1n) is 10.00. The van der Waals surface area contributed by atoms with Crippen LogP contribution in [0.2, 0.25) is 0 Å². The number of carbonyl (C=O) groups excluding carboxylic acids is 1. The summed E-state index contributed by atoms with van der Waals surface area (Å²) in [5.74, 6) is 0.411. The quantitative estimate of drug-likeness (QED) is 0.784. The topological polar surface area (TPSA) is 78.2 Å². The van der Waals surface area contributed by atoms with E-state index in [1.807, 2.05) is 32.0 Å². The maximum atomic E-state index is 12.5. The molecule has 0 aliphatic carbocycles. The number of hydrogen-bond acceptors (Lipinski definition) is 5. The number of ether oxygens (including phenoxy) is 1. The van der Waals surface area contributed by atoms with Crippen LogP contribution >= 0.6 is 0 Å². The zero-order valence-electron chi connectivity index (χ0n) is 17.4. The number of benzene rings is 1. The van der Waals surface area contributed by atoms with Crippen LogP contribution in [0.25, 0.3) is 11.3 Å². The van der Waals surface area contributed by atoms with Crippen molar-refractivity contribution >= 4 is 5.91 Å². The number of aromatic nitrogens is 1. The molecule has 3 rings (SSSR count). The third-order valence-corrected chi connectivity index (χ3v) is 5.41. The number of pyridine rings is 1. The monoisotopic (exact) mass is 392 g/mol. The molecule has 0 bridgehead atoms. The molecule has 0 unspecified atom stereocenters. The summed E-state index contributed by atoms with van der Waals surface area (Å²) in [6.45, 7) is 8.26. The van der Waals surface area contributed by atoms with Gasteiger partial charge in [-0.1, -0.05) is 12.1 Å². The van der Waals surface area contributed by atoms with E-state index in [2.05, 4.69) is 21.3 Å². The summed E-state index contributed by atoms with van der Waals surface area (Å²) in [6, 6.07) is 11.5. The summed E-state index contributed by atoms with van der Waals surface area (Å²) in [5, 5.41) is 12.5. The molecule has 1 aliphatic rings. The Labute approximate surface area is 172 Å². The first-order chi connectivity index (χ1) is 14.0. The molecule has 29 heavy (non-hydrogen) atoms. The molecule has 2 heterocycles. The summed E-state index contributed by atoms with van der Waals surface area (Å²) in [5.41, 5.74) is 4.48. The average Bonchev–Trinajstić information content (AvgIpc) is 3.18. The first kappa shape index (κ1) is 21.0. The van der Waals surface area contributed by atoms with Gasteiger partial charge in [0.05, 0.1) is 17.9 Å². The van der Waals surface area contributed by atoms with Crippen LogP contribution in [-0.2, 0) is 4.74 Å². The van der Waals surface area contributed by atoms with Crippen molar-refractivity contribution < 1.29 is 9.53 Å². The largest absolute Gasteiger partial charge is 0.383 e. The minimum absolute atomic E-state index is 0.0687. The summed E-state index contributed by atoms with van der Waals surface area (Å²) in [4.78, 5) is 19.4. The summed E-state index contributed by atoms with van der Waals surface area (Å²) >= 11 is 0. The Morgan fingerprint density at radius 1 is 1.34 bits per heavy atom. The highest BCUT2D eigenvalue weighted by molar-refractivity contribution is 5.94. The maximum Gasteiger partial charge on any atom is 0.251 e. The molecular weight excluding hydrogens is 364 g/mol. The van der Waals surface area contributed by atoms with Crippen LogP contribution in [0, 0.1) is 31.1 Å². The standard InChI is InChI=1S/C23H28N4O2/c1-16-12-17(2)26-22(21(16)13-24)19-4-6-20(7-5-19)23(28)25-14-18-8-9-27(15-18)10-11-29-3/h4-7,12,18H,8-11,14-15H2,1-3H3,(H,25,28)/t18-/m0/s1. The van der Waals surface area contributed by atoms with E-state index in [1.165, 1.54) is 0 Å². The number of nitrogens with zero attached hydrogens (tertiary/aromatic N) is 3. The molecule has 0 spiro atoms. The van der Waals surface area contributed by atoms with Gasteiger partial charge in [0, 0.05) is 43.6 Å². The van der Waals surface area contributed by atoms with Crippen molar-refractivity contribution in [3.05, 3.63) is 52.7 Å².